The Morgan fingerprint density at radius 2 is 1.74 bits per heavy atom. The largest absolute Gasteiger partial charge is 0.497 e. The predicted molar refractivity (Wildman–Crippen MR) is 143 cm³/mol. The molecule has 0 unspecified atom stereocenters. The summed E-state index contributed by atoms with van der Waals surface area (Å²) in [4.78, 5) is 41.8. The van der Waals surface area contributed by atoms with Gasteiger partial charge >= 0.3 is 6.09 Å². The number of amides is 3. The number of hydrogen-bond donors (Lipinski definition) is 2. The van der Waals surface area contributed by atoms with Crippen LogP contribution in [-0.2, 0) is 27.5 Å². The zero-order chi connectivity index (χ0) is 27.1. The van der Waals surface area contributed by atoms with Gasteiger partial charge in [0.2, 0.25) is 11.8 Å². The second-order valence-corrected chi connectivity index (χ2v) is 10.2. The lowest BCUT2D eigenvalue weighted by molar-refractivity contribution is -0.134. The Labute approximate surface area is 224 Å². The van der Waals surface area contributed by atoms with Crippen LogP contribution in [0.5, 0.6) is 5.75 Å². The van der Waals surface area contributed by atoms with Gasteiger partial charge < -0.3 is 25.0 Å². The number of alkyl carbamates (subject to hydrolysis) is 1. The van der Waals surface area contributed by atoms with E-state index in [0.29, 0.717) is 13.0 Å². The lowest BCUT2D eigenvalue weighted by Crippen LogP contribution is -2.58. The maximum Gasteiger partial charge on any atom is 0.408 e. The molecule has 1 saturated carbocycles. The molecule has 9 nitrogen and oxygen atoms in total. The molecule has 1 aliphatic carbocycles. The lowest BCUT2D eigenvalue weighted by Gasteiger charge is -2.43. The minimum Gasteiger partial charge on any atom is -0.497 e. The zero-order valence-electron chi connectivity index (χ0n) is 22.4. The Morgan fingerprint density at radius 1 is 1.00 bits per heavy atom. The van der Waals surface area contributed by atoms with E-state index in [2.05, 4.69) is 34.7 Å². The Balaban J connectivity index is 1.33. The van der Waals surface area contributed by atoms with Crippen molar-refractivity contribution in [2.45, 2.75) is 69.9 Å². The molecule has 2 N–H and O–H groups in total. The number of likely N-dealkylation sites (tertiary alicyclic amines) is 1. The van der Waals surface area contributed by atoms with E-state index in [1.54, 1.807) is 7.11 Å². The third-order valence-electron chi connectivity index (χ3n) is 7.53. The molecule has 0 aromatic heterocycles. The van der Waals surface area contributed by atoms with E-state index in [1.807, 2.05) is 47.4 Å². The molecule has 0 radical (unpaired) electrons. The van der Waals surface area contributed by atoms with Crippen LogP contribution < -0.4 is 15.4 Å². The van der Waals surface area contributed by atoms with E-state index in [9.17, 15) is 14.4 Å². The van der Waals surface area contributed by atoms with Gasteiger partial charge in [0.05, 0.1) is 19.2 Å². The standard InChI is InChI=1S/C29H38N4O5/c1-20(34)30-26-17-23(32(2)18-21-9-12-24(37-3)13-10-21)11-14-27(26)33-16-15-25(28(33)35)31-29(36)38-19-22-7-5-4-6-8-22/h4-10,12-13,23,25-27H,11,14-19H2,1-3H3,(H,30,34)(H,31,36)/t23-,25+,26-,27+/m1/s1. The number of methoxy groups -OCH3 is 1. The highest BCUT2D eigenvalue weighted by molar-refractivity contribution is 5.88. The van der Waals surface area contributed by atoms with E-state index in [1.165, 1.54) is 12.5 Å². The Bertz CT molecular complexity index is 1090. The second-order valence-electron chi connectivity index (χ2n) is 10.2. The maximum absolute atomic E-state index is 13.3. The number of carbonyl (C=O) groups excluding carboxylic acids is 3. The van der Waals surface area contributed by atoms with E-state index in [-0.39, 0.29) is 36.5 Å². The molecule has 0 spiro atoms. The van der Waals surface area contributed by atoms with Crippen molar-refractivity contribution in [3.8, 4) is 5.75 Å². The van der Waals surface area contributed by atoms with Crippen LogP contribution in [0.2, 0.25) is 0 Å². The summed E-state index contributed by atoms with van der Waals surface area (Å²) in [6.45, 7) is 2.98. The molecule has 2 aliphatic rings. The van der Waals surface area contributed by atoms with Gasteiger partial charge in [0.1, 0.15) is 18.4 Å². The Hall–Kier alpha value is -3.59. The van der Waals surface area contributed by atoms with Crippen molar-refractivity contribution in [2.24, 2.45) is 0 Å². The van der Waals surface area contributed by atoms with Gasteiger partial charge in [0, 0.05) is 26.1 Å². The molecule has 9 heteroatoms. The average Bonchev–Trinajstić information content (AvgIpc) is 3.27. The van der Waals surface area contributed by atoms with Gasteiger partial charge in [-0.05, 0) is 56.0 Å². The zero-order valence-corrected chi connectivity index (χ0v) is 22.4. The van der Waals surface area contributed by atoms with Crippen molar-refractivity contribution in [1.29, 1.82) is 0 Å². The number of rotatable bonds is 9. The third kappa shape index (κ3) is 7.04. The molecule has 4 atom stereocenters. The van der Waals surface area contributed by atoms with E-state index < -0.39 is 12.1 Å². The van der Waals surface area contributed by atoms with Crippen molar-refractivity contribution in [2.75, 3.05) is 20.7 Å². The highest BCUT2D eigenvalue weighted by Gasteiger charge is 2.43. The number of carbonyl (C=O) groups is 3. The minimum atomic E-state index is -0.619. The van der Waals surface area contributed by atoms with Crippen LogP contribution >= 0.6 is 0 Å². The molecule has 2 fully saturated rings. The topological polar surface area (TPSA) is 100 Å². The van der Waals surface area contributed by atoms with Crippen LogP contribution in [0.4, 0.5) is 4.79 Å². The first-order valence-electron chi connectivity index (χ1n) is 13.2. The first kappa shape index (κ1) is 27.4. The van der Waals surface area contributed by atoms with Gasteiger partial charge in [-0.25, -0.2) is 4.79 Å². The molecule has 0 bridgehead atoms. The molecule has 1 saturated heterocycles. The molecular weight excluding hydrogens is 484 g/mol. The minimum absolute atomic E-state index is 0.107. The molecule has 38 heavy (non-hydrogen) atoms. The molecule has 3 amide bonds. The lowest BCUT2D eigenvalue weighted by atomic mass is 9.84. The van der Waals surface area contributed by atoms with Crippen molar-refractivity contribution in [3.63, 3.8) is 0 Å². The molecular formula is C29H38N4O5. The van der Waals surface area contributed by atoms with Crippen molar-refractivity contribution < 1.29 is 23.9 Å². The van der Waals surface area contributed by atoms with Crippen LogP contribution in [0.15, 0.2) is 54.6 Å². The summed E-state index contributed by atoms with van der Waals surface area (Å²) in [5.74, 6) is 0.603. The first-order chi connectivity index (χ1) is 18.3. The highest BCUT2D eigenvalue weighted by atomic mass is 16.5. The van der Waals surface area contributed by atoms with Crippen LogP contribution in [0.25, 0.3) is 0 Å². The summed E-state index contributed by atoms with van der Waals surface area (Å²) in [6.07, 6.45) is 2.35. The molecule has 4 rings (SSSR count). The highest BCUT2D eigenvalue weighted by Crippen LogP contribution is 2.30. The van der Waals surface area contributed by atoms with E-state index >= 15 is 0 Å². The maximum atomic E-state index is 13.3. The average molecular weight is 523 g/mol. The second kappa shape index (κ2) is 12.8. The van der Waals surface area contributed by atoms with E-state index in [4.69, 9.17) is 9.47 Å². The van der Waals surface area contributed by atoms with Gasteiger partial charge in [-0.1, -0.05) is 42.5 Å². The summed E-state index contributed by atoms with van der Waals surface area (Å²) in [7, 11) is 3.75. The summed E-state index contributed by atoms with van der Waals surface area (Å²) in [5, 5.41) is 5.83. The first-order valence-corrected chi connectivity index (χ1v) is 13.2. The monoisotopic (exact) mass is 522 g/mol. The smallest absolute Gasteiger partial charge is 0.408 e. The molecule has 204 valence electrons. The number of hydrogen-bond acceptors (Lipinski definition) is 6. The fourth-order valence-corrected chi connectivity index (χ4v) is 5.54. The Morgan fingerprint density at radius 3 is 2.42 bits per heavy atom. The SMILES string of the molecule is COc1ccc(CN(C)[C@@H]2CC[C@H](N3CC[C@H](NC(=O)OCc4ccccc4)C3=O)[C@H](NC(C)=O)C2)cc1. The van der Waals surface area contributed by atoms with Crippen molar-refractivity contribution in [1.82, 2.24) is 20.4 Å². The molecule has 1 heterocycles. The molecule has 2 aromatic carbocycles. The quantitative estimate of drug-likeness (QED) is 0.525. The predicted octanol–water partition coefficient (Wildman–Crippen LogP) is 3.08. The van der Waals surface area contributed by atoms with Crippen molar-refractivity contribution in [3.05, 3.63) is 65.7 Å². The number of nitrogens with zero attached hydrogens (tertiary/aromatic N) is 2. The van der Waals surface area contributed by atoms with Crippen LogP contribution in [0.1, 0.15) is 43.7 Å². The van der Waals surface area contributed by atoms with Crippen LogP contribution in [-0.4, -0.2) is 72.6 Å². The van der Waals surface area contributed by atoms with Gasteiger partial charge in [0.25, 0.3) is 0 Å². The molecule has 1 aliphatic heterocycles. The summed E-state index contributed by atoms with van der Waals surface area (Å²) >= 11 is 0. The molecule has 2 aromatic rings. The summed E-state index contributed by atoms with van der Waals surface area (Å²) in [6, 6.07) is 16.8. The van der Waals surface area contributed by atoms with Crippen LogP contribution in [0, 0.1) is 0 Å². The van der Waals surface area contributed by atoms with Crippen molar-refractivity contribution >= 4 is 17.9 Å². The number of benzene rings is 2. The number of ether oxygens (including phenoxy) is 2. The third-order valence-corrected chi connectivity index (χ3v) is 7.53. The Kier molecular flexibility index (Phi) is 9.23. The fourth-order valence-electron chi connectivity index (χ4n) is 5.54. The van der Waals surface area contributed by atoms with Gasteiger partial charge in [-0.2, -0.15) is 0 Å². The van der Waals surface area contributed by atoms with Crippen LogP contribution in [0.3, 0.4) is 0 Å². The van der Waals surface area contributed by atoms with Gasteiger partial charge in [0.15, 0.2) is 0 Å². The van der Waals surface area contributed by atoms with E-state index in [0.717, 1.165) is 37.1 Å². The fraction of sp³-hybridized carbons (Fsp3) is 0.483. The van der Waals surface area contributed by atoms with Gasteiger partial charge in [-0.3, -0.25) is 14.5 Å². The normalized spacial score (nSPS) is 23.3. The summed E-state index contributed by atoms with van der Waals surface area (Å²) in [5.41, 5.74) is 2.07. The number of nitrogens with one attached hydrogen (secondary N) is 2. The van der Waals surface area contributed by atoms with Gasteiger partial charge in [-0.15, -0.1) is 0 Å². The summed E-state index contributed by atoms with van der Waals surface area (Å²) < 4.78 is 10.6.